The molecule has 1 aromatic heterocycles. The molecular formula is C23H21NO2. The summed E-state index contributed by atoms with van der Waals surface area (Å²) < 4.78 is 7.12. The number of fused-ring (bicyclic) bond motifs is 3. The molecule has 0 atom stereocenters. The third-order valence-corrected chi connectivity index (χ3v) is 4.16. The second kappa shape index (κ2) is 8.79. The molecule has 0 aliphatic carbocycles. The summed E-state index contributed by atoms with van der Waals surface area (Å²) in [7, 11) is 0. The molecular weight excluding hydrogens is 322 g/mol. The minimum atomic E-state index is -0.230. The van der Waals surface area contributed by atoms with Crippen molar-refractivity contribution in [1.82, 2.24) is 4.57 Å². The van der Waals surface area contributed by atoms with Crippen LogP contribution >= 0.6 is 0 Å². The Hall–Kier alpha value is -3.17. The first-order valence-electron chi connectivity index (χ1n) is 8.82. The third kappa shape index (κ3) is 4.26. The highest BCUT2D eigenvalue weighted by molar-refractivity contribution is 6.08. The Morgan fingerprint density at radius 2 is 1.54 bits per heavy atom. The van der Waals surface area contributed by atoms with Gasteiger partial charge in [0.25, 0.3) is 0 Å². The molecule has 0 spiro atoms. The standard InChI is InChI=1S/C23H21NO2/c1-19(25)26-18-12-6-4-2-3-5-11-17-24-22-15-9-7-13-20(22)21-14-8-10-16-23(21)24/h7-10,13-16H,4,6,12,17-18H2,1H3. The van der Waals surface area contributed by atoms with Crippen LogP contribution in [0.1, 0.15) is 26.2 Å². The van der Waals surface area contributed by atoms with Gasteiger partial charge in [-0.2, -0.15) is 0 Å². The van der Waals surface area contributed by atoms with Crippen LogP contribution in [-0.2, 0) is 16.1 Å². The molecule has 0 fully saturated rings. The van der Waals surface area contributed by atoms with Crippen LogP contribution in [0, 0.1) is 23.7 Å². The molecule has 0 N–H and O–H groups in total. The van der Waals surface area contributed by atoms with Crippen molar-refractivity contribution in [3.8, 4) is 23.7 Å². The van der Waals surface area contributed by atoms with Crippen LogP contribution in [-0.4, -0.2) is 17.1 Å². The van der Waals surface area contributed by atoms with E-state index in [1.165, 1.54) is 28.7 Å². The highest BCUT2D eigenvalue weighted by Crippen LogP contribution is 2.28. The van der Waals surface area contributed by atoms with E-state index >= 15 is 0 Å². The van der Waals surface area contributed by atoms with Gasteiger partial charge in [0.05, 0.1) is 13.2 Å². The van der Waals surface area contributed by atoms with Crippen molar-refractivity contribution in [3.05, 3.63) is 48.5 Å². The van der Waals surface area contributed by atoms with Gasteiger partial charge < -0.3 is 9.30 Å². The largest absolute Gasteiger partial charge is 0.466 e. The number of unbranched alkanes of at least 4 members (excludes halogenated alkanes) is 2. The Morgan fingerprint density at radius 1 is 0.923 bits per heavy atom. The fourth-order valence-electron chi connectivity index (χ4n) is 2.97. The van der Waals surface area contributed by atoms with Gasteiger partial charge in [-0.25, -0.2) is 0 Å². The van der Waals surface area contributed by atoms with Crippen LogP contribution in [0.5, 0.6) is 0 Å². The molecule has 0 saturated carbocycles. The number of rotatable bonds is 5. The SMILES string of the molecule is CC(=O)OCCCCC#CC#CCn1c2ccccc2c2ccccc21. The Bertz CT molecular complexity index is 985. The van der Waals surface area contributed by atoms with Crippen molar-refractivity contribution in [2.45, 2.75) is 32.7 Å². The highest BCUT2D eigenvalue weighted by atomic mass is 16.5. The van der Waals surface area contributed by atoms with Gasteiger partial charge in [0, 0.05) is 35.2 Å². The summed E-state index contributed by atoms with van der Waals surface area (Å²) in [6.45, 7) is 2.51. The van der Waals surface area contributed by atoms with Crippen molar-refractivity contribution < 1.29 is 9.53 Å². The first-order chi connectivity index (χ1) is 12.8. The van der Waals surface area contributed by atoms with Gasteiger partial charge in [0.1, 0.15) is 0 Å². The maximum Gasteiger partial charge on any atom is 0.302 e. The van der Waals surface area contributed by atoms with E-state index in [0.717, 1.165) is 19.3 Å². The van der Waals surface area contributed by atoms with E-state index in [0.29, 0.717) is 13.2 Å². The predicted molar refractivity (Wildman–Crippen MR) is 105 cm³/mol. The molecule has 0 saturated heterocycles. The summed E-state index contributed by atoms with van der Waals surface area (Å²) in [6, 6.07) is 16.8. The first kappa shape index (κ1) is 17.6. The molecule has 0 bridgehead atoms. The number of carbonyl (C=O) groups excluding carboxylic acids is 1. The fraction of sp³-hybridized carbons (Fsp3) is 0.261. The van der Waals surface area contributed by atoms with E-state index < -0.39 is 0 Å². The molecule has 2 aromatic carbocycles. The van der Waals surface area contributed by atoms with Crippen molar-refractivity contribution in [2.24, 2.45) is 0 Å². The van der Waals surface area contributed by atoms with Crippen LogP contribution in [0.15, 0.2) is 48.5 Å². The fourth-order valence-corrected chi connectivity index (χ4v) is 2.97. The topological polar surface area (TPSA) is 31.2 Å². The summed E-state index contributed by atoms with van der Waals surface area (Å²) in [5, 5.41) is 2.51. The Balaban J connectivity index is 1.62. The number of nitrogens with zero attached hydrogens (tertiary/aromatic N) is 1. The first-order valence-corrected chi connectivity index (χ1v) is 8.82. The number of hydrogen-bond acceptors (Lipinski definition) is 2. The van der Waals surface area contributed by atoms with Gasteiger partial charge in [-0.1, -0.05) is 48.2 Å². The lowest BCUT2D eigenvalue weighted by Gasteiger charge is -2.01. The number of hydrogen-bond donors (Lipinski definition) is 0. The quantitative estimate of drug-likeness (QED) is 0.387. The number of carbonyl (C=O) groups is 1. The number of aromatic nitrogens is 1. The zero-order valence-electron chi connectivity index (χ0n) is 14.9. The number of ether oxygens (including phenoxy) is 1. The minimum Gasteiger partial charge on any atom is -0.466 e. The zero-order chi connectivity index (χ0) is 18.2. The molecule has 26 heavy (non-hydrogen) atoms. The predicted octanol–water partition coefficient (Wildman–Crippen LogP) is 4.53. The van der Waals surface area contributed by atoms with Gasteiger partial charge in [0.15, 0.2) is 0 Å². The molecule has 3 aromatic rings. The smallest absolute Gasteiger partial charge is 0.302 e. The van der Waals surface area contributed by atoms with Crippen molar-refractivity contribution >= 4 is 27.8 Å². The highest BCUT2D eigenvalue weighted by Gasteiger charge is 2.07. The van der Waals surface area contributed by atoms with Gasteiger partial charge in [0.2, 0.25) is 0 Å². The van der Waals surface area contributed by atoms with Gasteiger partial charge >= 0.3 is 5.97 Å². The molecule has 0 unspecified atom stereocenters. The second-order valence-electron chi connectivity index (χ2n) is 6.02. The summed E-state index contributed by atoms with van der Waals surface area (Å²) in [4.78, 5) is 10.6. The van der Waals surface area contributed by atoms with Gasteiger partial charge in [-0.15, -0.1) is 0 Å². The molecule has 0 aliphatic heterocycles. The summed E-state index contributed by atoms with van der Waals surface area (Å²) in [5.74, 6) is 11.8. The monoisotopic (exact) mass is 343 g/mol. The van der Waals surface area contributed by atoms with E-state index in [9.17, 15) is 4.79 Å². The number of benzene rings is 2. The minimum absolute atomic E-state index is 0.230. The molecule has 3 nitrogen and oxygen atoms in total. The lowest BCUT2D eigenvalue weighted by molar-refractivity contribution is -0.141. The molecule has 1 heterocycles. The molecule has 130 valence electrons. The van der Waals surface area contributed by atoms with E-state index in [1.54, 1.807) is 0 Å². The van der Waals surface area contributed by atoms with Crippen molar-refractivity contribution in [3.63, 3.8) is 0 Å². The van der Waals surface area contributed by atoms with Crippen molar-refractivity contribution in [2.75, 3.05) is 6.61 Å². The summed E-state index contributed by atoms with van der Waals surface area (Å²) in [5.41, 5.74) is 2.39. The Kier molecular flexibility index (Phi) is 5.96. The van der Waals surface area contributed by atoms with Crippen LogP contribution in [0.25, 0.3) is 21.8 Å². The van der Waals surface area contributed by atoms with E-state index in [1.807, 2.05) is 0 Å². The van der Waals surface area contributed by atoms with E-state index in [-0.39, 0.29) is 5.97 Å². The van der Waals surface area contributed by atoms with Gasteiger partial charge in [-0.3, -0.25) is 4.79 Å². The lowest BCUT2D eigenvalue weighted by atomic mass is 10.2. The molecule has 3 rings (SSSR count). The van der Waals surface area contributed by atoms with Gasteiger partial charge in [-0.05, 0) is 36.8 Å². The van der Waals surface area contributed by atoms with Crippen molar-refractivity contribution in [1.29, 1.82) is 0 Å². The van der Waals surface area contributed by atoms with Crippen LogP contribution in [0.4, 0.5) is 0 Å². The zero-order valence-corrected chi connectivity index (χ0v) is 14.9. The Morgan fingerprint density at radius 3 is 2.19 bits per heavy atom. The normalized spacial score (nSPS) is 10.0. The molecule has 0 amide bonds. The van der Waals surface area contributed by atoms with Crippen LogP contribution < -0.4 is 0 Å². The summed E-state index contributed by atoms with van der Waals surface area (Å²) >= 11 is 0. The molecule has 0 aliphatic rings. The molecule has 0 radical (unpaired) electrons. The van der Waals surface area contributed by atoms with E-state index in [2.05, 4.69) is 76.8 Å². The van der Waals surface area contributed by atoms with Crippen LogP contribution in [0.2, 0.25) is 0 Å². The Labute approximate surface area is 154 Å². The van der Waals surface area contributed by atoms with E-state index in [4.69, 9.17) is 4.74 Å². The maximum absolute atomic E-state index is 10.6. The second-order valence-corrected chi connectivity index (χ2v) is 6.02. The number of esters is 1. The lowest BCUT2D eigenvalue weighted by Crippen LogP contribution is -1.99. The number of para-hydroxylation sites is 2. The maximum atomic E-state index is 10.6. The third-order valence-electron chi connectivity index (χ3n) is 4.16. The molecule has 3 heteroatoms. The average molecular weight is 343 g/mol. The average Bonchev–Trinajstić information content (AvgIpc) is 2.97. The summed E-state index contributed by atoms with van der Waals surface area (Å²) in [6.07, 6.45) is 2.52. The van der Waals surface area contributed by atoms with Crippen LogP contribution in [0.3, 0.4) is 0 Å².